The topological polar surface area (TPSA) is 80.9 Å². The minimum atomic E-state index is -0.861. The molecule has 2 heterocycles. The summed E-state index contributed by atoms with van der Waals surface area (Å²) < 4.78 is 1.95. The SMILES string of the molecule is Cc1ncccc1-n1c(SCC(=O)O)nnc1C1CC1. The lowest BCUT2D eigenvalue weighted by Crippen LogP contribution is -2.06. The minimum absolute atomic E-state index is 0.0257. The van der Waals surface area contributed by atoms with Crippen molar-refractivity contribution in [3.8, 4) is 5.69 Å². The number of rotatable bonds is 5. The first-order chi connectivity index (χ1) is 9.66. The highest BCUT2D eigenvalue weighted by molar-refractivity contribution is 7.99. The van der Waals surface area contributed by atoms with Crippen LogP contribution < -0.4 is 0 Å². The van der Waals surface area contributed by atoms with Crippen LogP contribution in [0.5, 0.6) is 0 Å². The van der Waals surface area contributed by atoms with Gasteiger partial charge < -0.3 is 5.11 Å². The van der Waals surface area contributed by atoms with E-state index in [-0.39, 0.29) is 5.75 Å². The van der Waals surface area contributed by atoms with Gasteiger partial charge in [0.2, 0.25) is 0 Å². The van der Waals surface area contributed by atoms with E-state index in [1.54, 1.807) is 6.20 Å². The number of carboxylic acids is 1. The van der Waals surface area contributed by atoms with E-state index in [4.69, 9.17) is 5.11 Å². The van der Waals surface area contributed by atoms with Gasteiger partial charge in [-0.15, -0.1) is 10.2 Å². The van der Waals surface area contributed by atoms with Gasteiger partial charge in [-0.1, -0.05) is 11.8 Å². The van der Waals surface area contributed by atoms with Gasteiger partial charge in [-0.2, -0.15) is 0 Å². The van der Waals surface area contributed by atoms with Crippen LogP contribution >= 0.6 is 11.8 Å². The molecular weight excluding hydrogens is 276 g/mol. The maximum Gasteiger partial charge on any atom is 0.313 e. The molecule has 2 aromatic heterocycles. The van der Waals surface area contributed by atoms with Crippen LogP contribution in [0.25, 0.3) is 5.69 Å². The molecule has 3 rings (SSSR count). The summed E-state index contributed by atoms with van der Waals surface area (Å²) in [6.45, 7) is 1.93. The van der Waals surface area contributed by atoms with Gasteiger partial charge >= 0.3 is 5.97 Å². The van der Waals surface area contributed by atoms with Crippen LogP contribution in [-0.4, -0.2) is 36.6 Å². The Hall–Kier alpha value is -1.89. The standard InChI is InChI=1S/C13H14N4O2S/c1-8-10(3-2-6-14-8)17-12(9-4-5-9)15-16-13(17)20-7-11(18)19/h2-3,6,9H,4-5,7H2,1H3,(H,18,19). The van der Waals surface area contributed by atoms with Crippen molar-refractivity contribution in [3.63, 3.8) is 0 Å². The molecule has 2 aromatic rings. The van der Waals surface area contributed by atoms with E-state index in [0.29, 0.717) is 11.1 Å². The zero-order chi connectivity index (χ0) is 14.1. The summed E-state index contributed by atoms with van der Waals surface area (Å²) in [6.07, 6.45) is 3.96. The van der Waals surface area contributed by atoms with Crippen molar-refractivity contribution in [2.24, 2.45) is 0 Å². The van der Waals surface area contributed by atoms with Crippen molar-refractivity contribution in [2.45, 2.75) is 30.8 Å². The van der Waals surface area contributed by atoms with Crippen molar-refractivity contribution >= 4 is 17.7 Å². The normalized spacial score (nSPS) is 14.4. The molecule has 0 saturated heterocycles. The summed E-state index contributed by atoms with van der Waals surface area (Å²) in [5.41, 5.74) is 1.80. The molecule has 1 aliphatic rings. The Morgan fingerprint density at radius 3 is 2.95 bits per heavy atom. The fourth-order valence-electron chi connectivity index (χ4n) is 2.05. The van der Waals surface area contributed by atoms with Crippen LogP contribution in [-0.2, 0) is 4.79 Å². The van der Waals surface area contributed by atoms with Crippen LogP contribution in [0.1, 0.15) is 30.3 Å². The largest absolute Gasteiger partial charge is 0.481 e. The summed E-state index contributed by atoms with van der Waals surface area (Å²) in [6, 6.07) is 3.83. The van der Waals surface area contributed by atoms with Crippen LogP contribution in [0.15, 0.2) is 23.5 Å². The maximum atomic E-state index is 10.7. The monoisotopic (exact) mass is 290 g/mol. The quantitative estimate of drug-likeness (QED) is 0.849. The van der Waals surface area contributed by atoms with E-state index < -0.39 is 5.97 Å². The van der Waals surface area contributed by atoms with Crippen molar-refractivity contribution in [1.29, 1.82) is 0 Å². The number of aryl methyl sites for hydroxylation is 1. The average molecular weight is 290 g/mol. The second-order valence-corrected chi connectivity index (χ2v) is 5.68. The first-order valence-corrected chi connectivity index (χ1v) is 7.37. The highest BCUT2D eigenvalue weighted by Crippen LogP contribution is 2.41. The van der Waals surface area contributed by atoms with Gasteiger partial charge in [0, 0.05) is 12.1 Å². The molecule has 104 valence electrons. The van der Waals surface area contributed by atoms with E-state index in [2.05, 4.69) is 15.2 Å². The third-order valence-corrected chi connectivity index (χ3v) is 4.06. The van der Waals surface area contributed by atoms with Gasteiger partial charge in [-0.05, 0) is 31.9 Å². The van der Waals surface area contributed by atoms with Crippen molar-refractivity contribution in [2.75, 3.05) is 5.75 Å². The molecule has 0 radical (unpaired) electrons. The third kappa shape index (κ3) is 2.53. The van der Waals surface area contributed by atoms with E-state index in [9.17, 15) is 4.79 Å². The van der Waals surface area contributed by atoms with Gasteiger partial charge in [0.25, 0.3) is 0 Å². The zero-order valence-corrected chi connectivity index (χ0v) is 11.8. The molecule has 0 unspecified atom stereocenters. The Balaban J connectivity index is 2.03. The molecule has 0 spiro atoms. The van der Waals surface area contributed by atoms with Gasteiger partial charge in [-0.3, -0.25) is 14.3 Å². The lowest BCUT2D eigenvalue weighted by Gasteiger charge is -2.11. The average Bonchev–Trinajstić information content (AvgIpc) is 3.18. The molecule has 0 aromatic carbocycles. The molecule has 0 amide bonds. The fraction of sp³-hybridized carbons (Fsp3) is 0.385. The third-order valence-electron chi connectivity index (χ3n) is 3.15. The molecule has 0 atom stereocenters. The van der Waals surface area contributed by atoms with Crippen molar-refractivity contribution < 1.29 is 9.90 Å². The summed E-state index contributed by atoms with van der Waals surface area (Å²) in [4.78, 5) is 15.0. The predicted molar refractivity (Wildman–Crippen MR) is 74.2 cm³/mol. The second-order valence-electron chi connectivity index (χ2n) is 4.74. The highest BCUT2D eigenvalue weighted by Gasteiger charge is 2.31. The molecule has 1 aliphatic carbocycles. The first-order valence-electron chi connectivity index (χ1n) is 6.38. The lowest BCUT2D eigenvalue weighted by molar-refractivity contribution is -0.133. The van der Waals surface area contributed by atoms with E-state index in [1.165, 1.54) is 11.8 Å². The number of nitrogens with zero attached hydrogens (tertiary/aromatic N) is 4. The molecule has 6 nitrogen and oxygen atoms in total. The Kier molecular flexibility index (Phi) is 3.43. The van der Waals surface area contributed by atoms with Crippen LogP contribution in [0.3, 0.4) is 0 Å². The smallest absolute Gasteiger partial charge is 0.313 e. The summed E-state index contributed by atoms with van der Waals surface area (Å²) >= 11 is 1.19. The molecular formula is C13H14N4O2S. The molecule has 1 fully saturated rings. The Bertz CT molecular complexity index is 652. The fourth-order valence-corrected chi connectivity index (χ4v) is 2.72. The molecule has 1 N–H and O–H groups in total. The van der Waals surface area contributed by atoms with E-state index >= 15 is 0 Å². The van der Waals surface area contributed by atoms with Crippen molar-refractivity contribution in [1.82, 2.24) is 19.7 Å². The second kappa shape index (κ2) is 5.24. The van der Waals surface area contributed by atoms with Crippen LogP contribution in [0.2, 0.25) is 0 Å². The molecule has 7 heteroatoms. The predicted octanol–water partition coefficient (Wildman–Crippen LogP) is 2.02. The molecule has 20 heavy (non-hydrogen) atoms. The van der Waals surface area contributed by atoms with E-state index in [1.807, 2.05) is 23.6 Å². The summed E-state index contributed by atoms with van der Waals surface area (Å²) in [7, 11) is 0. The number of carboxylic acid groups (broad SMARTS) is 1. The number of aromatic nitrogens is 4. The number of hydrogen-bond acceptors (Lipinski definition) is 5. The lowest BCUT2D eigenvalue weighted by atomic mass is 10.3. The van der Waals surface area contributed by atoms with Gasteiger partial charge in [0.05, 0.1) is 17.1 Å². The maximum absolute atomic E-state index is 10.7. The Labute approximate surface area is 120 Å². The number of hydrogen-bond donors (Lipinski definition) is 1. The van der Waals surface area contributed by atoms with Crippen LogP contribution in [0, 0.1) is 6.92 Å². The van der Waals surface area contributed by atoms with Crippen LogP contribution in [0.4, 0.5) is 0 Å². The Morgan fingerprint density at radius 2 is 2.30 bits per heavy atom. The number of pyridine rings is 1. The van der Waals surface area contributed by atoms with Gasteiger partial charge in [0.15, 0.2) is 5.16 Å². The summed E-state index contributed by atoms with van der Waals surface area (Å²) in [5, 5.41) is 17.8. The Morgan fingerprint density at radius 1 is 1.50 bits per heavy atom. The highest BCUT2D eigenvalue weighted by atomic mass is 32.2. The summed E-state index contributed by atoms with van der Waals surface area (Å²) in [5.74, 6) is 0.456. The first kappa shape index (κ1) is 13.1. The van der Waals surface area contributed by atoms with Crippen molar-refractivity contribution in [3.05, 3.63) is 29.8 Å². The molecule has 1 saturated carbocycles. The number of carbonyl (C=O) groups is 1. The molecule has 0 aliphatic heterocycles. The number of thioether (sulfide) groups is 1. The van der Waals surface area contributed by atoms with Gasteiger partial charge in [0.1, 0.15) is 5.82 Å². The number of aliphatic carboxylic acids is 1. The van der Waals surface area contributed by atoms with E-state index in [0.717, 1.165) is 30.0 Å². The van der Waals surface area contributed by atoms with Gasteiger partial charge in [-0.25, -0.2) is 0 Å². The zero-order valence-electron chi connectivity index (χ0n) is 11.0. The molecule has 0 bridgehead atoms. The minimum Gasteiger partial charge on any atom is -0.481 e.